The molecule has 2 N–H and O–H groups in total. The molecule has 1 aliphatic rings. The third kappa shape index (κ3) is 5.26. The molecule has 2 amide bonds. The molecule has 0 saturated carbocycles. The maximum absolute atomic E-state index is 12.4. The molecule has 1 saturated heterocycles. The van der Waals surface area contributed by atoms with E-state index >= 15 is 0 Å². The van der Waals surface area contributed by atoms with Crippen LogP contribution in [0.15, 0.2) is 36.8 Å². The first kappa shape index (κ1) is 19.3. The second kappa shape index (κ2) is 8.95. The number of hydrogen-bond donors (Lipinski definition) is 2. The number of rotatable bonds is 5. The molecular formula is C21H28N4O2. The van der Waals surface area contributed by atoms with Gasteiger partial charge in [-0.3, -0.25) is 9.97 Å². The number of ether oxygens (including phenoxy) is 1. The van der Waals surface area contributed by atoms with Gasteiger partial charge in [-0.25, -0.2) is 4.79 Å². The summed E-state index contributed by atoms with van der Waals surface area (Å²) in [4.78, 5) is 20.8. The third-order valence-corrected chi connectivity index (χ3v) is 5.06. The third-order valence-electron chi connectivity index (χ3n) is 5.06. The molecule has 2 heterocycles. The van der Waals surface area contributed by atoms with Gasteiger partial charge in [-0.2, -0.15) is 0 Å². The molecule has 3 rings (SSSR count). The van der Waals surface area contributed by atoms with Crippen LogP contribution in [0.2, 0.25) is 0 Å². The molecule has 2 atom stereocenters. The Balaban J connectivity index is 1.58. The number of carbonyl (C=O) groups is 1. The fourth-order valence-electron chi connectivity index (χ4n) is 3.32. The number of hydrogen-bond acceptors (Lipinski definition) is 4. The average molecular weight is 368 g/mol. The topological polar surface area (TPSA) is 76.1 Å². The molecule has 6 nitrogen and oxygen atoms in total. The van der Waals surface area contributed by atoms with E-state index in [1.807, 2.05) is 25.1 Å². The van der Waals surface area contributed by atoms with E-state index in [4.69, 9.17) is 4.74 Å². The van der Waals surface area contributed by atoms with Crippen LogP contribution in [0, 0.1) is 18.8 Å². The van der Waals surface area contributed by atoms with E-state index in [-0.39, 0.29) is 6.03 Å². The molecule has 0 aliphatic carbocycles. The lowest BCUT2D eigenvalue weighted by Gasteiger charge is -2.32. The van der Waals surface area contributed by atoms with Crippen molar-refractivity contribution in [1.29, 1.82) is 0 Å². The van der Waals surface area contributed by atoms with Gasteiger partial charge in [0.05, 0.1) is 18.0 Å². The van der Waals surface area contributed by atoms with Crippen molar-refractivity contribution in [2.24, 2.45) is 11.8 Å². The van der Waals surface area contributed by atoms with Gasteiger partial charge in [-0.15, -0.1) is 0 Å². The molecule has 1 fully saturated rings. The highest BCUT2D eigenvalue weighted by atomic mass is 16.5. The average Bonchev–Trinajstić information content (AvgIpc) is 2.69. The highest BCUT2D eigenvalue weighted by molar-refractivity contribution is 5.91. The zero-order valence-electron chi connectivity index (χ0n) is 16.2. The van der Waals surface area contributed by atoms with E-state index in [0.717, 1.165) is 42.0 Å². The molecule has 1 aromatic carbocycles. The molecule has 1 aromatic heterocycles. The van der Waals surface area contributed by atoms with E-state index < -0.39 is 0 Å². The van der Waals surface area contributed by atoms with Crippen LogP contribution in [0.4, 0.5) is 10.5 Å². The van der Waals surface area contributed by atoms with Gasteiger partial charge in [0.2, 0.25) is 0 Å². The lowest BCUT2D eigenvalue weighted by molar-refractivity contribution is -0.0330. The Morgan fingerprint density at radius 3 is 2.93 bits per heavy atom. The Bertz CT molecular complexity index is 764. The van der Waals surface area contributed by atoms with Crippen molar-refractivity contribution in [3.63, 3.8) is 0 Å². The standard InChI is InChI=1S/C21H28N4O2/c1-14(2)20-10-16(6-9-27-20)12-24-21(26)25-18-11-17(5-4-15(18)3)19-13-22-7-8-23-19/h4-5,7-8,11,13-14,16,20H,6,9-10,12H2,1-3H3,(H2,24,25,26). The Morgan fingerprint density at radius 1 is 1.33 bits per heavy atom. The quantitative estimate of drug-likeness (QED) is 0.835. The largest absolute Gasteiger partial charge is 0.378 e. The van der Waals surface area contributed by atoms with Crippen LogP contribution in [0.25, 0.3) is 11.3 Å². The summed E-state index contributed by atoms with van der Waals surface area (Å²) in [5.41, 5.74) is 3.49. The number of carbonyl (C=O) groups excluding carboxylic acids is 1. The van der Waals surface area contributed by atoms with Crippen molar-refractivity contribution in [1.82, 2.24) is 15.3 Å². The molecule has 6 heteroatoms. The second-order valence-electron chi connectivity index (χ2n) is 7.50. The highest BCUT2D eigenvalue weighted by Crippen LogP contribution is 2.25. The van der Waals surface area contributed by atoms with Crippen LogP contribution in [-0.4, -0.2) is 35.3 Å². The van der Waals surface area contributed by atoms with Gasteiger partial charge in [0, 0.05) is 36.8 Å². The molecule has 144 valence electrons. The smallest absolute Gasteiger partial charge is 0.319 e. The molecule has 0 spiro atoms. The van der Waals surface area contributed by atoms with Gasteiger partial charge in [0.1, 0.15) is 0 Å². The summed E-state index contributed by atoms with van der Waals surface area (Å²) in [5, 5.41) is 5.98. The SMILES string of the molecule is Cc1ccc(-c2cnccn2)cc1NC(=O)NCC1CCOC(C(C)C)C1. The highest BCUT2D eigenvalue weighted by Gasteiger charge is 2.25. The van der Waals surface area contributed by atoms with Crippen molar-refractivity contribution in [2.45, 2.75) is 39.7 Å². The summed E-state index contributed by atoms with van der Waals surface area (Å²) >= 11 is 0. The maximum Gasteiger partial charge on any atom is 0.319 e. The number of nitrogens with zero attached hydrogens (tertiary/aromatic N) is 2. The van der Waals surface area contributed by atoms with Crippen molar-refractivity contribution >= 4 is 11.7 Å². The number of nitrogens with one attached hydrogen (secondary N) is 2. The van der Waals surface area contributed by atoms with Crippen molar-refractivity contribution in [3.8, 4) is 11.3 Å². The minimum absolute atomic E-state index is 0.179. The van der Waals surface area contributed by atoms with Gasteiger partial charge in [0.15, 0.2) is 0 Å². The lowest BCUT2D eigenvalue weighted by Crippen LogP contribution is -2.38. The van der Waals surface area contributed by atoms with E-state index in [0.29, 0.717) is 24.5 Å². The number of aryl methyl sites for hydroxylation is 1. The summed E-state index contributed by atoms with van der Waals surface area (Å²) in [6.45, 7) is 7.78. The molecule has 1 aliphatic heterocycles. The van der Waals surface area contributed by atoms with Gasteiger partial charge < -0.3 is 15.4 Å². The van der Waals surface area contributed by atoms with Crippen LogP contribution in [0.5, 0.6) is 0 Å². The van der Waals surface area contributed by atoms with Crippen molar-refractivity contribution < 1.29 is 9.53 Å². The van der Waals surface area contributed by atoms with Gasteiger partial charge in [0.25, 0.3) is 0 Å². The van der Waals surface area contributed by atoms with Crippen molar-refractivity contribution in [3.05, 3.63) is 42.4 Å². The fraction of sp³-hybridized carbons (Fsp3) is 0.476. The Hall–Kier alpha value is -2.47. The normalized spacial score (nSPS) is 19.7. The summed E-state index contributed by atoms with van der Waals surface area (Å²) in [5.74, 6) is 0.969. The minimum atomic E-state index is -0.179. The van der Waals surface area contributed by atoms with E-state index in [1.165, 1.54) is 0 Å². The number of anilines is 1. The van der Waals surface area contributed by atoms with Gasteiger partial charge >= 0.3 is 6.03 Å². The van der Waals surface area contributed by atoms with Gasteiger partial charge in [-0.1, -0.05) is 26.0 Å². The number of aromatic nitrogens is 2. The molecular weight excluding hydrogens is 340 g/mol. The zero-order chi connectivity index (χ0) is 19.2. The van der Waals surface area contributed by atoms with Crippen LogP contribution < -0.4 is 10.6 Å². The molecule has 2 unspecified atom stereocenters. The Morgan fingerprint density at radius 2 is 2.19 bits per heavy atom. The number of benzene rings is 1. The summed E-state index contributed by atoms with van der Waals surface area (Å²) in [7, 11) is 0. The van der Waals surface area contributed by atoms with E-state index in [9.17, 15) is 4.79 Å². The maximum atomic E-state index is 12.4. The van der Waals surface area contributed by atoms with Crippen LogP contribution >= 0.6 is 0 Å². The van der Waals surface area contributed by atoms with Crippen molar-refractivity contribution in [2.75, 3.05) is 18.5 Å². The van der Waals surface area contributed by atoms with Crippen LogP contribution in [0.1, 0.15) is 32.3 Å². The first-order chi connectivity index (χ1) is 13.0. The predicted octanol–water partition coefficient (Wildman–Crippen LogP) is 4.02. The second-order valence-corrected chi connectivity index (χ2v) is 7.50. The van der Waals surface area contributed by atoms with Crippen LogP contribution in [0.3, 0.4) is 0 Å². The Labute approximate surface area is 160 Å². The first-order valence-corrected chi connectivity index (χ1v) is 9.56. The van der Waals surface area contributed by atoms with Gasteiger partial charge in [-0.05, 0) is 43.2 Å². The molecule has 0 bridgehead atoms. The minimum Gasteiger partial charge on any atom is -0.378 e. The molecule has 0 radical (unpaired) electrons. The number of urea groups is 1. The first-order valence-electron chi connectivity index (χ1n) is 9.56. The lowest BCUT2D eigenvalue weighted by atomic mass is 9.90. The summed E-state index contributed by atoms with van der Waals surface area (Å²) < 4.78 is 5.80. The van der Waals surface area contributed by atoms with E-state index in [2.05, 4.69) is 34.4 Å². The fourth-order valence-corrected chi connectivity index (χ4v) is 3.32. The summed E-state index contributed by atoms with van der Waals surface area (Å²) in [6, 6.07) is 5.71. The monoisotopic (exact) mass is 368 g/mol. The number of amides is 2. The Kier molecular flexibility index (Phi) is 6.40. The predicted molar refractivity (Wildman–Crippen MR) is 107 cm³/mol. The zero-order valence-corrected chi connectivity index (χ0v) is 16.2. The summed E-state index contributed by atoms with van der Waals surface area (Å²) in [6.07, 6.45) is 7.30. The van der Waals surface area contributed by atoms with Crippen LogP contribution in [-0.2, 0) is 4.74 Å². The molecule has 27 heavy (non-hydrogen) atoms. The van der Waals surface area contributed by atoms with E-state index in [1.54, 1.807) is 18.6 Å². The molecule has 2 aromatic rings.